The Morgan fingerprint density at radius 3 is 0.925 bits per heavy atom. The first-order valence-electron chi connectivity index (χ1n) is 40.5. The number of hydrogen-bond donors (Lipinski definition) is 1. The number of carbonyl (C=O) groups excluding carboxylic acids is 2. The zero-order valence-corrected chi connectivity index (χ0v) is 62.4. The summed E-state index contributed by atoms with van der Waals surface area (Å²) in [6.07, 6.45) is 96.7. The molecule has 544 valence electrons. The van der Waals surface area contributed by atoms with E-state index in [0.717, 1.165) is 64.2 Å². The Morgan fingerprint density at radius 1 is 0.333 bits per heavy atom. The number of hydrogen-bond acceptors (Lipinski definition) is 7. The molecule has 0 saturated carbocycles. The van der Waals surface area contributed by atoms with Crippen molar-refractivity contribution >= 4 is 17.9 Å². The van der Waals surface area contributed by atoms with Crippen LogP contribution >= 0.6 is 0 Å². The van der Waals surface area contributed by atoms with Crippen LogP contribution in [0.4, 0.5) is 0 Å². The first-order valence-corrected chi connectivity index (χ1v) is 40.5. The number of rotatable bonds is 76. The highest BCUT2D eigenvalue weighted by Gasteiger charge is 2.25. The van der Waals surface area contributed by atoms with Crippen LogP contribution in [0.2, 0.25) is 0 Å². The summed E-state index contributed by atoms with van der Waals surface area (Å²) in [5.74, 6) is -1.98. The molecule has 2 unspecified atom stereocenters. The maximum absolute atomic E-state index is 13.0. The number of ether oxygens (including phenoxy) is 4. The van der Waals surface area contributed by atoms with Crippen LogP contribution in [0.25, 0.3) is 0 Å². The third-order valence-electron chi connectivity index (χ3n) is 18.3. The van der Waals surface area contributed by atoms with Gasteiger partial charge in [0.25, 0.3) is 6.29 Å². The molecule has 0 rings (SSSR count). The van der Waals surface area contributed by atoms with Crippen LogP contribution in [0, 0.1) is 0 Å². The molecule has 0 aromatic heterocycles. The van der Waals surface area contributed by atoms with Crippen molar-refractivity contribution in [1.82, 2.24) is 0 Å². The monoisotopic (exact) mass is 1310 g/mol. The largest absolute Gasteiger partial charge is 0.477 e. The van der Waals surface area contributed by atoms with Crippen LogP contribution in [0.3, 0.4) is 0 Å². The predicted octanol–water partition coefficient (Wildman–Crippen LogP) is 25.8. The number of carboxylic acids is 1. The SMILES string of the molecule is CC/C=C\C/C=C\C/C=C\C/C=C\CCCCCCCCCCCCCCCCCCCCC(=O)OC(COC(=O)CCCCCCCCCCCCCCCCCCCCCCCCCCC/C=C\CCCCCCCCCC)COC(OCC[N+](C)(C)C)C(=O)O. The lowest BCUT2D eigenvalue weighted by Gasteiger charge is -2.25. The fraction of sp³-hybridized carbons (Fsp3) is 0.845. The average molecular weight is 1310 g/mol. The molecule has 93 heavy (non-hydrogen) atoms. The minimum Gasteiger partial charge on any atom is -0.477 e. The lowest BCUT2D eigenvalue weighted by atomic mass is 10.0. The summed E-state index contributed by atoms with van der Waals surface area (Å²) in [7, 11) is 6.00. The number of quaternary nitrogens is 1. The maximum Gasteiger partial charge on any atom is 0.361 e. The van der Waals surface area contributed by atoms with Gasteiger partial charge in [0.2, 0.25) is 0 Å². The number of esters is 2. The zero-order valence-electron chi connectivity index (χ0n) is 62.4. The quantitative estimate of drug-likeness (QED) is 0.0211. The van der Waals surface area contributed by atoms with E-state index < -0.39 is 18.4 Å². The Hall–Kier alpha value is -3.01. The van der Waals surface area contributed by atoms with Crippen LogP contribution in [0.15, 0.2) is 60.8 Å². The molecule has 0 fully saturated rings. The zero-order chi connectivity index (χ0) is 67.5. The van der Waals surface area contributed by atoms with Gasteiger partial charge in [-0.3, -0.25) is 9.59 Å². The summed E-state index contributed by atoms with van der Waals surface area (Å²) < 4.78 is 23.1. The Balaban J connectivity index is 3.96. The van der Waals surface area contributed by atoms with Crippen LogP contribution in [0.1, 0.15) is 399 Å². The van der Waals surface area contributed by atoms with Gasteiger partial charge in [-0.05, 0) is 77.0 Å². The molecule has 9 heteroatoms. The maximum atomic E-state index is 13.0. The number of nitrogens with zero attached hydrogens (tertiary/aromatic N) is 1. The smallest absolute Gasteiger partial charge is 0.361 e. The van der Waals surface area contributed by atoms with E-state index in [1.54, 1.807) is 0 Å². The molecule has 1 N–H and O–H groups in total. The van der Waals surface area contributed by atoms with Crippen molar-refractivity contribution in [2.45, 2.75) is 411 Å². The van der Waals surface area contributed by atoms with Crippen molar-refractivity contribution in [1.29, 1.82) is 0 Å². The van der Waals surface area contributed by atoms with Gasteiger partial charge in [-0.25, -0.2) is 4.79 Å². The molecular weight excluding hydrogens is 1150 g/mol. The molecule has 0 aliphatic carbocycles. The van der Waals surface area contributed by atoms with E-state index in [2.05, 4.69) is 74.6 Å². The molecular formula is C84H156NO8+. The number of likely N-dealkylation sites (N-methyl/N-ethyl adjacent to an activating group) is 1. The summed E-state index contributed by atoms with van der Waals surface area (Å²) in [6, 6.07) is 0. The van der Waals surface area contributed by atoms with Gasteiger partial charge in [-0.15, -0.1) is 0 Å². The second kappa shape index (κ2) is 74.8. The van der Waals surface area contributed by atoms with Crippen molar-refractivity contribution < 1.29 is 42.9 Å². The lowest BCUT2D eigenvalue weighted by Crippen LogP contribution is -2.40. The van der Waals surface area contributed by atoms with Gasteiger partial charge >= 0.3 is 17.9 Å². The highest BCUT2D eigenvalue weighted by molar-refractivity contribution is 5.71. The minimum atomic E-state index is -1.51. The molecule has 0 bridgehead atoms. The Morgan fingerprint density at radius 2 is 0.613 bits per heavy atom. The minimum absolute atomic E-state index is 0.177. The van der Waals surface area contributed by atoms with E-state index in [0.29, 0.717) is 17.4 Å². The van der Waals surface area contributed by atoms with E-state index in [9.17, 15) is 19.5 Å². The molecule has 0 spiro atoms. The Labute approximate surface area is 577 Å². The van der Waals surface area contributed by atoms with E-state index in [4.69, 9.17) is 18.9 Å². The summed E-state index contributed by atoms with van der Waals surface area (Å²) in [4.78, 5) is 37.7. The van der Waals surface area contributed by atoms with Crippen LogP contribution in [0.5, 0.6) is 0 Å². The Bertz CT molecular complexity index is 1710. The van der Waals surface area contributed by atoms with E-state index in [-0.39, 0.29) is 38.2 Å². The lowest BCUT2D eigenvalue weighted by molar-refractivity contribution is -0.870. The first kappa shape index (κ1) is 90.0. The number of carbonyl (C=O) groups is 3. The number of aliphatic carboxylic acids is 1. The molecule has 0 radical (unpaired) electrons. The molecule has 0 aliphatic heterocycles. The van der Waals surface area contributed by atoms with Crippen LogP contribution in [-0.4, -0.2) is 87.4 Å². The van der Waals surface area contributed by atoms with E-state index in [1.807, 2.05) is 21.1 Å². The summed E-state index contributed by atoms with van der Waals surface area (Å²) in [6.45, 7) is 4.83. The van der Waals surface area contributed by atoms with Gasteiger partial charge in [0.05, 0.1) is 34.4 Å². The molecule has 9 nitrogen and oxygen atoms in total. The number of allylic oxidation sites excluding steroid dienone is 10. The predicted molar refractivity (Wildman–Crippen MR) is 401 cm³/mol. The van der Waals surface area contributed by atoms with Gasteiger partial charge < -0.3 is 28.5 Å². The molecule has 0 aliphatic rings. The highest BCUT2D eigenvalue weighted by atomic mass is 16.7. The second-order valence-corrected chi connectivity index (χ2v) is 28.7. The topological polar surface area (TPSA) is 108 Å². The average Bonchev–Trinajstić information content (AvgIpc) is 3.38. The van der Waals surface area contributed by atoms with Crippen molar-refractivity contribution in [3.05, 3.63) is 60.8 Å². The number of unbranched alkanes of at least 4 members (excludes halogenated alkanes) is 51. The standard InChI is InChI=1S/C84H155NO8/c1-6-8-10-12-14-16-18-20-22-24-26-28-30-32-34-36-38-39-40-41-42-43-45-46-48-50-52-54-56-58-60-62-64-66-68-70-72-74-81(86)91-78-80(79-92-84(83(88)89)90-77-76-85(3,4)5)93-82(87)75-73-71-69-67-65-63-61-59-57-55-53-51-49-47-44-37-35-33-31-29-27-25-23-21-19-17-15-13-11-9-7-2/h9,11,15,17,21,23-24,26-27,29,80,84H,6-8,10,12-14,16,18-20,22,25,28,30-79H2,1-5H3/p+1/b11-9-,17-15-,23-21-,26-24-,29-27-. The van der Waals surface area contributed by atoms with Crippen LogP contribution < -0.4 is 0 Å². The highest BCUT2D eigenvalue weighted by Crippen LogP contribution is 2.20. The third-order valence-corrected chi connectivity index (χ3v) is 18.3. The van der Waals surface area contributed by atoms with Gasteiger partial charge in [0.1, 0.15) is 13.2 Å². The summed E-state index contributed by atoms with van der Waals surface area (Å²) >= 11 is 0. The van der Waals surface area contributed by atoms with Crippen molar-refractivity contribution in [2.24, 2.45) is 0 Å². The molecule has 0 saturated heterocycles. The molecule has 2 atom stereocenters. The first-order chi connectivity index (χ1) is 45.6. The third kappa shape index (κ3) is 76.2. The van der Waals surface area contributed by atoms with Gasteiger partial charge in [0, 0.05) is 12.8 Å². The van der Waals surface area contributed by atoms with E-state index in [1.165, 1.54) is 308 Å². The van der Waals surface area contributed by atoms with Crippen LogP contribution in [-0.2, 0) is 33.3 Å². The second-order valence-electron chi connectivity index (χ2n) is 28.7. The molecule has 0 aromatic carbocycles. The van der Waals surface area contributed by atoms with Gasteiger partial charge in [0.15, 0.2) is 6.10 Å². The van der Waals surface area contributed by atoms with Gasteiger partial charge in [-0.2, -0.15) is 0 Å². The summed E-state index contributed by atoms with van der Waals surface area (Å²) in [5, 5.41) is 9.77. The van der Waals surface area contributed by atoms with Crippen molar-refractivity contribution in [3.63, 3.8) is 0 Å². The van der Waals surface area contributed by atoms with Crippen molar-refractivity contribution in [2.75, 3.05) is 47.5 Å². The normalized spacial score (nSPS) is 12.9. The molecule has 0 aromatic rings. The van der Waals surface area contributed by atoms with Gasteiger partial charge in [-0.1, -0.05) is 370 Å². The fourth-order valence-electron chi connectivity index (χ4n) is 12.1. The molecule has 0 amide bonds. The summed E-state index contributed by atoms with van der Waals surface area (Å²) in [5.41, 5.74) is 0. The fourth-order valence-corrected chi connectivity index (χ4v) is 12.1. The van der Waals surface area contributed by atoms with Crippen molar-refractivity contribution in [3.8, 4) is 0 Å². The number of carboxylic acid groups (broad SMARTS) is 1. The molecule has 0 heterocycles. The Kier molecular flexibility index (Phi) is 72.4. The van der Waals surface area contributed by atoms with E-state index >= 15 is 0 Å².